The topological polar surface area (TPSA) is 29.3 Å². The molecule has 4 heteroatoms. The van der Waals surface area contributed by atoms with E-state index in [1.165, 1.54) is 49.8 Å². The van der Waals surface area contributed by atoms with E-state index in [4.69, 9.17) is 9.40 Å². The van der Waals surface area contributed by atoms with Crippen LogP contribution in [0.25, 0.3) is 16.5 Å². The van der Waals surface area contributed by atoms with Crippen LogP contribution in [0.2, 0.25) is 0 Å². The minimum absolute atomic E-state index is 0.211. The van der Waals surface area contributed by atoms with Crippen molar-refractivity contribution in [2.24, 2.45) is 5.92 Å². The highest BCUT2D eigenvalue weighted by Crippen LogP contribution is 2.35. The highest BCUT2D eigenvalue weighted by atomic mass is 19.1. The van der Waals surface area contributed by atoms with E-state index < -0.39 is 0 Å². The molecular weight excluding hydrogens is 411 g/mol. The second kappa shape index (κ2) is 10.6. The molecule has 0 bridgehead atoms. The lowest BCUT2D eigenvalue weighted by molar-refractivity contribution is 0.264. The maximum atomic E-state index is 14.1. The number of halogens is 1. The van der Waals surface area contributed by atoms with Gasteiger partial charge in [-0.1, -0.05) is 44.2 Å². The summed E-state index contributed by atoms with van der Waals surface area (Å²) >= 11 is 0. The number of furan rings is 1. The molecule has 3 nitrogen and oxygen atoms in total. The first kappa shape index (κ1) is 22.3. The van der Waals surface area contributed by atoms with Gasteiger partial charge in [0.25, 0.3) is 0 Å². The SMILES string of the molecule is Fc1ccc(C2=CCN(CCC(CC3CCCCC3)c3ccccn3)CCC2)c2occc12. The summed E-state index contributed by atoms with van der Waals surface area (Å²) in [5.41, 5.74) is 4.26. The van der Waals surface area contributed by atoms with Crippen molar-refractivity contribution in [3.8, 4) is 0 Å². The first-order chi connectivity index (χ1) is 16.3. The summed E-state index contributed by atoms with van der Waals surface area (Å²) in [6.07, 6.45) is 17.4. The molecular formula is C29H35FN2O. The monoisotopic (exact) mass is 446 g/mol. The summed E-state index contributed by atoms with van der Waals surface area (Å²) in [7, 11) is 0. The van der Waals surface area contributed by atoms with Crippen molar-refractivity contribution < 1.29 is 8.81 Å². The smallest absolute Gasteiger partial charge is 0.144 e. The Morgan fingerprint density at radius 2 is 1.97 bits per heavy atom. The predicted octanol–water partition coefficient (Wildman–Crippen LogP) is 7.59. The van der Waals surface area contributed by atoms with Gasteiger partial charge in [0, 0.05) is 29.9 Å². The first-order valence-electron chi connectivity index (χ1n) is 12.8. The van der Waals surface area contributed by atoms with Gasteiger partial charge in [-0.15, -0.1) is 0 Å². The molecule has 1 aromatic carbocycles. The van der Waals surface area contributed by atoms with Crippen LogP contribution in [-0.2, 0) is 0 Å². The first-order valence-corrected chi connectivity index (χ1v) is 12.8. The van der Waals surface area contributed by atoms with Gasteiger partial charge in [-0.25, -0.2) is 4.39 Å². The Kier molecular flexibility index (Phi) is 7.21. The number of rotatable bonds is 7. The molecule has 0 radical (unpaired) electrons. The number of pyridine rings is 1. The third-order valence-corrected chi connectivity index (χ3v) is 7.67. The van der Waals surface area contributed by atoms with E-state index in [9.17, 15) is 4.39 Å². The Hall–Kier alpha value is -2.46. The Morgan fingerprint density at radius 1 is 1.06 bits per heavy atom. The van der Waals surface area contributed by atoms with Gasteiger partial charge in [0.2, 0.25) is 0 Å². The largest absolute Gasteiger partial charge is 0.464 e. The van der Waals surface area contributed by atoms with Crippen molar-refractivity contribution in [1.82, 2.24) is 9.88 Å². The maximum Gasteiger partial charge on any atom is 0.144 e. The minimum Gasteiger partial charge on any atom is -0.464 e. The molecule has 3 heterocycles. The van der Waals surface area contributed by atoms with Gasteiger partial charge in [-0.05, 0) is 80.6 Å². The molecule has 1 fully saturated rings. The third kappa shape index (κ3) is 5.38. The van der Waals surface area contributed by atoms with Crippen LogP contribution in [0.15, 0.2) is 59.4 Å². The molecule has 2 aliphatic rings. The van der Waals surface area contributed by atoms with Crippen LogP contribution in [0.4, 0.5) is 4.39 Å². The maximum absolute atomic E-state index is 14.1. The number of allylic oxidation sites excluding steroid dienone is 1. The molecule has 0 spiro atoms. The van der Waals surface area contributed by atoms with Gasteiger partial charge in [0.15, 0.2) is 0 Å². The van der Waals surface area contributed by atoms with Gasteiger partial charge in [0.1, 0.15) is 11.4 Å². The Bertz CT molecular complexity index is 1070. The molecule has 2 aromatic heterocycles. The van der Waals surface area contributed by atoms with Crippen LogP contribution in [0.5, 0.6) is 0 Å². The zero-order valence-corrected chi connectivity index (χ0v) is 19.5. The standard InChI is InChI=1S/C29H35FN2O/c30-27-12-11-25(29-26(27)15-20-33-29)23-9-6-17-32(18-13-23)19-14-24(28-10-4-5-16-31-28)21-22-7-2-1-3-8-22/h4-5,10-13,15-16,20,22,24H,1-3,6-9,14,17-19,21H2. The van der Waals surface area contributed by atoms with Gasteiger partial charge in [0.05, 0.1) is 11.6 Å². The summed E-state index contributed by atoms with van der Waals surface area (Å²) < 4.78 is 19.7. The molecule has 33 heavy (non-hydrogen) atoms. The van der Waals surface area contributed by atoms with E-state index in [2.05, 4.69) is 23.1 Å². The van der Waals surface area contributed by atoms with Gasteiger partial charge >= 0.3 is 0 Å². The van der Waals surface area contributed by atoms with Crippen LogP contribution < -0.4 is 0 Å². The zero-order chi connectivity index (χ0) is 22.5. The molecule has 0 N–H and O–H groups in total. The number of nitrogens with zero attached hydrogens (tertiary/aromatic N) is 2. The second-order valence-electron chi connectivity index (χ2n) is 9.87. The van der Waals surface area contributed by atoms with E-state index >= 15 is 0 Å². The van der Waals surface area contributed by atoms with Crippen LogP contribution in [0.1, 0.15) is 75.0 Å². The molecule has 3 aromatic rings. The summed E-state index contributed by atoms with van der Waals surface area (Å²) in [5, 5.41) is 0.579. The average molecular weight is 447 g/mol. The Morgan fingerprint density at radius 3 is 2.82 bits per heavy atom. The number of aromatic nitrogens is 1. The van der Waals surface area contributed by atoms with E-state index in [0.717, 1.165) is 50.4 Å². The van der Waals surface area contributed by atoms with Crippen LogP contribution in [0.3, 0.4) is 0 Å². The molecule has 174 valence electrons. The number of benzene rings is 1. The summed E-state index contributed by atoms with van der Waals surface area (Å²) in [4.78, 5) is 7.31. The minimum atomic E-state index is -0.211. The lowest BCUT2D eigenvalue weighted by Gasteiger charge is -2.28. The molecule has 1 saturated carbocycles. The predicted molar refractivity (Wildman–Crippen MR) is 133 cm³/mol. The van der Waals surface area contributed by atoms with Crippen LogP contribution in [0, 0.1) is 11.7 Å². The molecule has 0 amide bonds. The highest BCUT2D eigenvalue weighted by Gasteiger charge is 2.22. The average Bonchev–Trinajstić information content (AvgIpc) is 3.24. The summed E-state index contributed by atoms with van der Waals surface area (Å²) in [6, 6.07) is 11.5. The van der Waals surface area contributed by atoms with E-state index in [0.29, 0.717) is 16.9 Å². The van der Waals surface area contributed by atoms with Crippen molar-refractivity contribution in [2.75, 3.05) is 19.6 Å². The highest BCUT2D eigenvalue weighted by molar-refractivity contribution is 5.90. The quantitative estimate of drug-likeness (QED) is 0.374. The molecule has 1 atom stereocenters. The lowest BCUT2D eigenvalue weighted by atomic mass is 9.80. The summed E-state index contributed by atoms with van der Waals surface area (Å²) in [5.74, 6) is 1.19. The van der Waals surface area contributed by atoms with Crippen molar-refractivity contribution in [3.05, 3.63) is 72.0 Å². The van der Waals surface area contributed by atoms with Crippen molar-refractivity contribution in [2.45, 2.75) is 63.7 Å². The number of fused-ring (bicyclic) bond motifs is 1. The van der Waals surface area contributed by atoms with Gasteiger partial charge in [-0.2, -0.15) is 0 Å². The van der Waals surface area contributed by atoms with Crippen molar-refractivity contribution in [1.29, 1.82) is 0 Å². The number of hydrogen-bond acceptors (Lipinski definition) is 3. The molecule has 5 rings (SSSR count). The van der Waals surface area contributed by atoms with Gasteiger partial charge < -0.3 is 4.42 Å². The fourth-order valence-electron chi connectivity index (χ4n) is 5.82. The van der Waals surface area contributed by atoms with Crippen molar-refractivity contribution >= 4 is 16.5 Å². The zero-order valence-electron chi connectivity index (χ0n) is 19.5. The van der Waals surface area contributed by atoms with Crippen LogP contribution in [-0.4, -0.2) is 29.5 Å². The molecule has 1 unspecified atom stereocenters. The second-order valence-corrected chi connectivity index (χ2v) is 9.87. The van der Waals surface area contributed by atoms with E-state index in [1.807, 2.05) is 18.3 Å². The lowest BCUT2D eigenvalue weighted by Crippen LogP contribution is -2.27. The summed E-state index contributed by atoms with van der Waals surface area (Å²) in [6.45, 7) is 3.13. The van der Waals surface area contributed by atoms with E-state index in [1.54, 1.807) is 18.4 Å². The van der Waals surface area contributed by atoms with Gasteiger partial charge in [-0.3, -0.25) is 9.88 Å². The third-order valence-electron chi connectivity index (χ3n) is 7.67. The Balaban J connectivity index is 1.26. The Labute approximate surface area is 196 Å². The molecule has 1 aliphatic carbocycles. The fraction of sp³-hybridized carbons (Fsp3) is 0.483. The van der Waals surface area contributed by atoms with E-state index in [-0.39, 0.29) is 5.82 Å². The normalized spacial score (nSPS) is 19.4. The fourth-order valence-corrected chi connectivity index (χ4v) is 5.82. The van der Waals surface area contributed by atoms with Crippen LogP contribution >= 0.6 is 0 Å². The molecule has 1 aliphatic heterocycles. The molecule has 0 saturated heterocycles. The van der Waals surface area contributed by atoms with Crippen molar-refractivity contribution in [3.63, 3.8) is 0 Å². The number of hydrogen-bond donors (Lipinski definition) is 0.